The molecular formula is C16H15ClN6O3. The van der Waals surface area contributed by atoms with Crippen LogP contribution in [0.3, 0.4) is 0 Å². The van der Waals surface area contributed by atoms with Crippen molar-refractivity contribution in [1.29, 1.82) is 0 Å². The Balaban J connectivity index is 1.57. The summed E-state index contributed by atoms with van der Waals surface area (Å²) in [6.45, 7) is -0.280. The van der Waals surface area contributed by atoms with Gasteiger partial charge in [-0.2, -0.15) is 5.10 Å². The van der Waals surface area contributed by atoms with E-state index < -0.39 is 11.8 Å². The molecule has 0 aliphatic rings. The maximum Gasteiger partial charge on any atom is 0.264 e. The summed E-state index contributed by atoms with van der Waals surface area (Å²) in [5.74, 6) is -0.949. The lowest BCUT2D eigenvalue weighted by Crippen LogP contribution is -2.44. The average Bonchev–Trinajstić information content (AvgIpc) is 2.99. The minimum atomic E-state index is -0.554. The van der Waals surface area contributed by atoms with Crippen LogP contribution in [0.15, 0.2) is 41.6 Å². The minimum Gasteiger partial charge on any atom is -0.289 e. The van der Waals surface area contributed by atoms with Gasteiger partial charge in [0, 0.05) is 12.1 Å². The van der Waals surface area contributed by atoms with E-state index in [4.69, 9.17) is 11.6 Å². The summed E-state index contributed by atoms with van der Waals surface area (Å²) in [7, 11) is 1.67. The van der Waals surface area contributed by atoms with Crippen molar-refractivity contribution in [2.24, 2.45) is 7.05 Å². The van der Waals surface area contributed by atoms with E-state index in [2.05, 4.69) is 20.9 Å². The van der Waals surface area contributed by atoms with Crippen LogP contribution in [0.2, 0.25) is 5.02 Å². The molecule has 0 aliphatic heterocycles. The van der Waals surface area contributed by atoms with Gasteiger partial charge in [0.25, 0.3) is 11.5 Å². The lowest BCUT2D eigenvalue weighted by Gasteiger charge is -2.09. The topological polar surface area (TPSA) is 111 Å². The van der Waals surface area contributed by atoms with Crippen molar-refractivity contribution in [1.82, 2.24) is 30.2 Å². The molecule has 134 valence electrons. The van der Waals surface area contributed by atoms with Gasteiger partial charge in [-0.15, -0.1) is 0 Å². The summed E-state index contributed by atoms with van der Waals surface area (Å²) in [6, 6.07) is 6.80. The van der Waals surface area contributed by atoms with Crippen LogP contribution in [0.25, 0.3) is 11.0 Å². The monoisotopic (exact) mass is 374 g/mol. The van der Waals surface area contributed by atoms with Crippen molar-refractivity contribution in [3.05, 3.63) is 57.7 Å². The molecule has 0 radical (unpaired) electrons. The third-order valence-electron chi connectivity index (χ3n) is 3.65. The van der Waals surface area contributed by atoms with Gasteiger partial charge in [-0.25, -0.2) is 4.98 Å². The van der Waals surface area contributed by atoms with Crippen LogP contribution >= 0.6 is 11.6 Å². The van der Waals surface area contributed by atoms with E-state index in [1.807, 2.05) is 0 Å². The van der Waals surface area contributed by atoms with E-state index >= 15 is 0 Å². The van der Waals surface area contributed by atoms with E-state index in [1.165, 1.54) is 17.2 Å². The van der Waals surface area contributed by atoms with E-state index in [0.717, 1.165) is 10.1 Å². The molecule has 10 heteroatoms. The van der Waals surface area contributed by atoms with Gasteiger partial charge in [0.15, 0.2) is 5.65 Å². The van der Waals surface area contributed by atoms with Crippen LogP contribution in [0.1, 0.15) is 5.56 Å². The molecule has 0 aliphatic carbocycles. The van der Waals surface area contributed by atoms with Gasteiger partial charge in [0.2, 0.25) is 5.91 Å². The number of hydrogen-bond donors (Lipinski definition) is 2. The third kappa shape index (κ3) is 3.89. The number of benzene rings is 1. The quantitative estimate of drug-likeness (QED) is 0.632. The number of fused-ring (bicyclic) bond motifs is 1. The van der Waals surface area contributed by atoms with Crippen LogP contribution < -0.4 is 16.4 Å². The molecule has 0 saturated carbocycles. The predicted molar refractivity (Wildman–Crippen MR) is 94.2 cm³/mol. The third-order valence-corrected chi connectivity index (χ3v) is 3.90. The molecular weight excluding hydrogens is 360 g/mol. The van der Waals surface area contributed by atoms with Crippen LogP contribution in [-0.4, -0.2) is 31.1 Å². The number of hydrogen-bond acceptors (Lipinski definition) is 5. The summed E-state index contributed by atoms with van der Waals surface area (Å²) >= 11 is 5.78. The highest BCUT2D eigenvalue weighted by atomic mass is 35.5. The highest BCUT2D eigenvalue weighted by molar-refractivity contribution is 6.30. The largest absolute Gasteiger partial charge is 0.289 e. The maximum atomic E-state index is 12.3. The summed E-state index contributed by atoms with van der Waals surface area (Å²) < 4.78 is 2.61. The van der Waals surface area contributed by atoms with Crippen molar-refractivity contribution >= 4 is 34.4 Å². The Hall–Kier alpha value is -3.20. The lowest BCUT2D eigenvalue weighted by molar-refractivity contribution is -0.128. The first-order chi connectivity index (χ1) is 12.4. The molecule has 2 heterocycles. The van der Waals surface area contributed by atoms with Gasteiger partial charge in [-0.3, -0.25) is 34.5 Å². The number of carbonyl (C=O) groups excluding carboxylic acids is 2. The fraction of sp³-hybridized carbons (Fsp3) is 0.188. The van der Waals surface area contributed by atoms with Gasteiger partial charge < -0.3 is 0 Å². The Bertz CT molecular complexity index is 1020. The number of rotatable bonds is 4. The number of aromatic nitrogens is 4. The highest BCUT2D eigenvalue weighted by Gasteiger charge is 2.11. The van der Waals surface area contributed by atoms with Gasteiger partial charge in [0.1, 0.15) is 18.3 Å². The Labute approximate surface area is 152 Å². The van der Waals surface area contributed by atoms with Crippen molar-refractivity contribution in [2.45, 2.75) is 13.0 Å². The summed E-state index contributed by atoms with van der Waals surface area (Å²) in [4.78, 5) is 40.2. The molecule has 2 aromatic heterocycles. The smallest absolute Gasteiger partial charge is 0.264 e. The molecule has 3 aromatic rings. The van der Waals surface area contributed by atoms with Gasteiger partial charge >= 0.3 is 0 Å². The van der Waals surface area contributed by atoms with Crippen LogP contribution in [0.4, 0.5) is 0 Å². The van der Waals surface area contributed by atoms with Crippen LogP contribution in [0.5, 0.6) is 0 Å². The molecule has 1 aromatic carbocycles. The Morgan fingerprint density at radius 3 is 2.58 bits per heavy atom. The second-order valence-corrected chi connectivity index (χ2v) is 6.02. The number of nitrogens with zero attached hydrogens (tertiary/aromatic N) is 4. The second kappa shape index (κ2) is 7.36. The molecule has 0 unspecified atom stereocenters. The number of halogens is 1. The van der Waals surface area contributed by atoms with Gasteiger partial charge in [-0.05, 0) is 17.7 Å². The molecule has 0 spiro atoms. The molecule has 3 rings (SSSR count). The standard InChI is InChI=1S/C16H15ClN6O3/c1-22-15-12(7-19-22)16(26)23(9-18-15)8-14(25)21-20-13(24)6-10-2-4-11(17)5-3-10/h2-5,7,9H,6,8H2,1H3,(H,20,24)(H,21,25). The van der Waals surface area contributed by atoms with Gasteiger partial charge in [-0.1, -0.05) is 23.7 Å². The maximum absolute atomic E-state index is 12.3. The first-order valence-electron chi connectivity index (χ1n) is 7.63. The zero-order valence-corrected chi connectivity index (χ0v) is 14.5. The number of hydrazine groups is 1. The summed E-state index contributed by atoms with van der Waals surface area (Å²) in [5, 5.41) is 4.85. The average molecular weight is 375 g/mol. The molecule has 0 fully saturated rings. The Morgan fingerprint density at radius 2 is 1.85 bits per heavy atom. The molecule has 0 saturated heterocycles. The molecule has 0 bridgehead atoms. The van der Waals surface area contributed by atoms with E-state index in [9.17, 15) is 14.4 Å². The molecule has 26 heavy (non-hydrogen) atoms. The van der Waals surface area contributed by atoms with E-state index in [0.29, 0.717) is 16.1 Å². The van der Waals surface area contributed by atoms with Gasteiger partial charge in [0.05, 0.1) is 12.6 Å². The first-order valence-corrected chi connectivity index (χ1v) is 8.01. The highest BCUT2D eigenvalue weighted by Crippen LogP contribution is 2.09. The van der Waals surface area contributed by atoms with Crippen molar-refractivity contribution in [2.75, 3.05) is 0 Å². The lowest BCUT2D eigenvalue weighted by atomic mass is 10.1. The first kappa shape index (κ1) is 17.6. The zero-order chi connectivity index (χ0) is 18.7. The Morgan fingerprint density at radius 1 is 1.15 bits per heavy atom. The van der Waals surface area contributed by atoms with Crippen molar-refractivity contribution in [3.63, 3.8) is 0 Å². The summed E-state index contributed by atoms with van der Waals surface area (Å²) in [6.07, 6.45) is 2.75. The SMILES string of the molecule is Cn1ncc2c(=O)n(CC(=O)NNC(=O)Cc3ccc(Cl)cc3)cnc21. The van der Waals surface area contributed by atoms with Crippen LogP contribution in [-0.2, 0) is 29.6 Å². The number of amides is 2. The molecule has 9 nitrogen and oxygen atoms in total. The Kier molecular flexibility index (Phi) is 4.99. The minimum absolute atomic E-state index is 0.0839. The van der Waals surface area contributed by atoms with E-state index in [1.54, 1.807) is 31.3 Å². The molecule has 0 atom stereocenters. The zero-order valence-electron chi connectivity index (χ0n) is 13.8. The number of aryl methyl sites for hydroxylation is 1. The van der Waals surface area contributed by atoms with E-state index in [-0.39, 0.29) is 18.5 Å². The molecule has 2 amide bonds. The number of carbonyl (C=O) groups is 2. The normalized spacial score (nSPS) is 10.7. The second-order valence-electron chi connectivity index (χ2n) is 5.58. The van der Waals surface area contributed by atoms with Crippen LogP contribution in [0, 0.1) is 0 Å². The fourth-order valence-corrected chi connectivity index (χ4v) is 2.47. The number of nitrogens with one attached hydrogen (secondary N) is 2. The fourth-order valence-electron chi connectivity index (χ4n) is 2.34. The summed E-state index contributed by atoms with van der Waals surface area (Å²) in [5.41, 5.74) is 5.38. The van der Waals surface area contributed by atoms with Crippen molar-refractivity contribution < 1.29 is 9.59 Å². The van der Waals surface area contributed by atoms with Crippen molar-refractivity contribution in [3.8, 4) is 0 Å². The molecule has 2 N–H and O–H groups in total. The predicted octanol–water partition coefficient (Wildman–Crippen LogP) is 0.173.